The van der Waals surface area contributed by atoms with Crippen LogP contribution in [-0.4, -0.2) is 46.5 Å². The molecule has 1 saturated heterocycles. The number of anilines is 2. The van der Waals surface area contributed by atoms with Gasteiger partial charge in [-0.1, -0.05) is 23.7 Å². The van der Waals surface area contributed by atoms with Crippen LogP contribution in [0, 0.1) is 5.92 Å². The number of hydrogen-bond acceptors (Lipinski definition) is 6. The van der Waals surface area contributed by atoms with Crippen LogP contribution in [0.4, 0.5) is 11.4 Å². The van der Waals surface area contributed by atoms with Crippen molar-refractivity contribution < 1.29 is 22.7 Å². The van der Waals surface area contributed by atoms with Gasteiger partial charge in [0.05, 0.1) is 24.8 Å². The summed E-state index contributed by atoms with van der Waals surface area (Å²) in [6.45, 7) is 2.49. The van der Waals surface area contributed by atoms with Gasteiger partial charge < -0.3 is 14.8 Å². The Balaban J connectivity index is 1.32. The Morgan fingerprint density at radius 1 is 0.973 bits per heavy atom. The molecule has 0 radical (unpaired) electrons. The molecule has 0 aromatic heterocycles. The van der Waals surface area contributed by atoms with Crippen molar-refractivity contribution in [2.24, 2.45) is 5.92 Å². The third-order valence-corrected chi connectivity index (χ3v) is 7.99. The van der Waals surface area contributed by atoms with Gasteiger partial charge in [-0.15, -0.1) is 0 Å². The average Bonchev–Trinajstić information content (AvgIpc) is 2.90. The Morgan fingerprint density at radius 2 is 1.65 bits per heavy atom. The number of nitrogens with one attached hydrogen (secondary N) is 2. The third kappa shape index (κ3) is 6.94. The largest absolute Gasteiger partial charge is 0.497 e. The predicted molar refractivity (Wildman–Crippen MR) is 145 cm³/mol. The van der Waals surface area contributed by atoms with Gasteiger partial charge in [-0.05, 0) is 80.0 Å². The highest BCUT2D eigenvalue weighted by atomic mass is 35.5. The molecule has 1 aliphatic heterocycles. The number of nitrogens with zero attached hydrogens (tertiary/aromatic N) is 1. The van der Waals surface area contributed by atoms with E-state index in [0.29, 0.717) is 17.2 Å². The molecule has 0 saturated carbocycles. The standard InChI is InChI=1S/C27H30ClN3O5S/c1-35-23-9-12-26(36-2)25(17-23)30-37(33,34)24-10-7-22(8-11-24)29-27(32)20-13-15-31(16-14-20)18-19-3-5-21(28)6-4-19/h3-12,17,20,30H,13-16,18H2,1-2H3,(H,29,32). The van der Waals surface area contributed by atoms with Crippen LogP contribution in [0.3, 0.4) is 0 Å². The second-order valence-corrected chi connectivity index (χ2v) is 11.0. The number of sulfonamides is 1. The molecule has 196 valence electrons. The molecule has 37 heavy (non-hydrogen) atoms. The predicted octanol–water partition coefficient (Wildman–Crippen LogP) is 5.01. The van der Waals surface area contributed by atoms with Crippen molar-refractivity contribution in [3.8, 4) is 11.5 Å². The van der Waals surface area contributed by atoms with Crippen molar-refractivity contribution in [2.45, 2.75) is 24.3 Å². The van der Waals surface area contributed by atoms with Crippen molar-refractivity contribution >= 4 is 38.9 Å². The van der Waals surface area contributed by atoms with E-state index in [1.54, 1.807) is 30.3 Å². The molecular formula is C27H30ClN3O5S. The maximum atomic E-state index is 12.9. The van der Waals surface area contributed by atoms with Gasteiger partial charge in [-0.2, -0.15) is 0 Å². The lowest BCUT2D eigenvalue weighted by molar-refractivity contribution is -0.121. The van der Waals surface area contributed by atoms with E-state index >= 15 is 0 Å². The van der Waals surface area contributed by atoms with Gasteiger partial charge in [0.2, 0.25) is 5.91 Å². The van der Waals surface area contributed by atoms with Gasteiger partial charge in [0, 0.05) is 29.2 Å². The molecule has 10 heteroatoms. The molecule has 3 aromatic rings. The fraction of sp³-hybridized carbons (Fsp3) is 0.296. The first-order chi connectivity index (χ1) is 17.8. The fourth-order valence-corrected chi connectivity index (χ4v) is 5.45. The number of methoxy groups -OCH3 is 2. The highest BCUT2D eigenvalue weighted by molar-refractivity contribution is 7.92. The van der Waals surface area contributed by atoms with E-state index in [1.165, 1.54) is 31.9 Å². The number of rotatable bonds is 9. The zero-order valence-electron chi connectivity index (χ0n) is 20.7. The number of piperidine rings is 1. The summed E-state index contributed by atoms with van der Waals surface area (Å²) in [7, 11) is -0.925. The van der Waals surface area contributed by atoms with Crippen molar-refractivity contribution in [1.82, 2.24) is 4.90 Å². The van der Waals surface area contributed by atoms with Crippen LogP contribution < -0.4 is 19.5 Å². The lowest BCUT2D eigenvalue weighted by Crippen LogP contribution is -2.37. The smallest absolute Gasteiger partial charge is 0.262 e. The number of carbonyl (C=O) groups excluding carboxylic acids is 1. The molecule has 3 aromatic carbocycles. The maximum Gasteiger partial charge on any atom is 0.262 e. The third-order valence-electron chi connectivity index (χ3n) is 6.36. The first-order valence-electron chi connectivity index (χ1n) is 11.9. The Labute approximate surface area is 222 Å². The fourth-order valence-electron chi connectivity index (χ4n) is 4.26. The first-order valence-corrected chi connectivity index (χ1v) is 13.8. The maximum absolute atomic E-state index is 12.9. The lowest BCUT2D eigenvalue weighted by atomic mass is 9.95. The molecule has 1 heterocycles. The highest BCUT2D eigenvalue weighted by Crippen LogP contribution is 2.31. The number of likely N-dealkylation sites (tertiary alicyclic amines) is 1. The van der Waals surface area contributed by atoms with Crippen molar-refractivity contribution in [1.29, 1.82) is 0 Å². The molecule has 0 spiro atoms. The van der Waals surface area contributed by atoms with Crippen LogP contribution in [0.2, 0.25) is 5.02 Å². The van der Waals surface area contributed by atoms with Crippen LogP contribution in [-0.2, 0) is 21.4 Å². The van der Waals surface area contributed by atoms with Gasteiger partial charge >= 0.3 is 0 Å². The summed E-state index contributed by atoms with van der Waals surface area (Å²) < 4.78 is 38.8. The summed E-state index contributed by atoms with van der Waals surface area (Å²) in [5.74, 6) is 0.716. The molecule has 1 amide bonds. The number of benzene rings is 3. The van der Waals surface area contributed by atoms with Crippen LogP contribution >= 0.6 is 11.6 Å². The molecule has 1 fully saturated rings. The second-order valence-electron chi connectivity index (χ2n) is 8.86. The Bertz CT molecular complexity index is 1320. The second kappa shape index (κ2) is 11.9. The summed E-state index contributed by atoms with van der Waals surface area (Å²) in [6.07, 6.45) is 1.52. The van der Waals surface area contributed by atoms with Crippen LogP contribution in [0.15, 0.2) is 71.6 Å². The van der Waals surface area contributed by atoms with Gasteiger partial charge in [-0.3, -0.25) is 14.4 Å². The number of amides is 1. The number of ether oxygens (including phenoxy) is 2. The topological polar surface area (TPSA) is 97.0 Å². The van der Waals surface area contributed by atoms with Crippen molar-refractivity contribution in [3.63, 3.8) is 0 Å². The summed E-state index contributed by atoms with van der Waals surface area (Å²) in [6, 6.07) is 18.8. The van der Waals surface area contributed by atoms with Gasteiger partial charge in [0.1, 0.15) is 11.5 Å². The highest BCUT2D eigenvalue weighted by Gasteiger charge is 2.25. The lowest BCUT2D eigenvalue weighted by Gasteiger charge is -2.31. The average molecular weight is 544 g/mol. The molecule has 1 aliphatic rings. The first kappa shape index (κ1) is 26.8. The zero-order chi connectivity index (χ0) is 26.4. The molecule has 0 bridgehead atoms. The minimum atomic E-state index is -3.88. The molecule has 8 nitrogen and oxygen atoms in total. The van der Waals surface area contributed by atoms with Gasteiger partial charge in [0.25, 0.3) is 10.0 Å². The Morgan fingerprint density at radius 3 is 2.27 bits per heavy atom. The van der Waals surface area contributed by atoms with E-state index in [0.717, 1.165) is 37.5 Å². The molecule has 4 rings (SSSR count). The minimum absolute atomic E-state index is 0.0546. The normalized spacial score (nSPS) is 14.7. The van der Waals surface area contributed by atoms with E-state index in [1.807, 2.05) is 24.3 Å². The van der Waals surface area contributed by atoms with Crippen molar-refractivity contribution in [2.75, 3.05) is 37.3 Å². The molecule has 2 N–H and O–H groups in total. The minimum Gasteiger partial charge on any atom is -0.497 e. The SMILES string of the molecule is COc1ccc(OC)c(NS(=O)(=O)c2ccc(NC(=O)C3CCN(Cc4ccc(Cl)cc4)CC3)cc2)c1. The van der Waals surface area contributed by atoms with Crippen LogP contribution in [0.1, 0.15) is 18.4 Å². The van der Waals surface area contributed by atoms with E-state index in [9.17, 15) is 13.2 Å². The number of halogens is 1. The zero-order valence-corrected chi connectivity index (χ0v) is 22.3. The number of carbonyl (C=O) groups is 1. The summed E-state index contributed by atoms with van der Waals surface area (Å²) in [4.78, 5) is 15.2. The molecule has 0 atom stereocenters. The van der Waals surface area contributed by atoms with E-state index in [-0.39, 0.29) is 22.4 Å². The summed E-state index contributed by atoms with van der Waals surface area (Å²) in [5.41, 5.74) is 2.01. The molecule has 0 aliphatic carbocycles. The van der Waals surface area contributed by atoms with E-state index in [4.69, 9.17) is 21.1 Å². The summed E-state index contributed by atoms with van der Waals surface area (Å²) in [5, 5.41) is 3.64. The number of hydrogen-bond donors (Lipinski definition) is 2. The van der Waals surface area contributed by atoms with Crippen molar-refractivity contribution in [3.05, 3.63) is 77.3 Å². The molecular weight excluding hydrogens is 514 g/mol. The Hall–Kier alpha value is -3.27. The van der Waals surface area contributed by atoms with Gasteiger partial charge in [0.15, 0.2) is 0 Å². The van der Waals surface area contributed by atoms with E-state index < -0.39 is 10.0 Å². The van der Waals surface area contributed by atoms with Crippen LogP contribution in [0.5, 0.6) is 11.5 Å². The Kier molecular flexibility index (Phi) is 8.58. The van der Waals surface area contributed by atoms with E-state index in [2.05, 4.69) is 14.9 Å². The molecule has 0 unspecified atom stereocenters. The van der Waals surface area contributed by atoms with Gasteiger partial charge in [-0.25, -0.2) is 8.42 Å². The van der Waals surface area contributed by atoms with Crippen LogP contribution in [0.25, 0.3) is 0 Å². The monoisotopic (exact) mass is 543 g/mol. The summed E-state index contributed by atoms with van der Waals surface area (Å²) >= 11 is 5.96. The quantitative estimate of drug-likeness (QED) is 0.394.